The number of carbonyl (C=O) groups excluding carboxylic acids is 1. The maximum absolute atomic E-state index is 14.7. The second kappa shape index (κ2) is 11.3. The number of hydrogen-bond acceptors (Lipinski definition) is 3. The molecule has 4 aromatic rings. The molecule has 39 heavy (non-hydrogen) atoms. The quantitative estimate of drug-likeness (QED) is 0.232. The highest BCUT2D eigenvalue weighted by Crippen LogP contribution is 2.39. The van der Waals surface area contributed by atoms with Gasteiger partial charge in [0.05, 0.1) is 23.4 Å². The minimum atomic E-state index is -4.88. The van der Waals surface area contributed by atoms with E-state index in [2.05, 4.69) is 15.6 Å². The van der Waals surface area contributed by atoms with Crippen LogP contribution in [0.15, 0.2) is 85.1 Å². The first-order valence-electron chi connectivity index (χ1n) is 11.5. The molecule has 2 N–H and O–H groups in total. The summed E-state index contributed by atoms with van der Waals surface area (Å²) in [7, 11) is 1.41. The number of methoxy groups -OCH3 is 1. The molecule has 0 fully saturated rings. The van der Waals surface area contributed by atoms with Crippen LogP contribution in [0.2, 0.25) is 5.02 Å². The SMILES string of the molecule is COc1ccccc1C[C@@](NC(=O)Nc1cccc(F)c1)(c1cc(F)cc(C(F)(F)F)c1)c1ccc(Cl)cn1. The number of halogens is 6. The molecule has 0 bridgehead atoms. The summed E-state index contributed by atoms with van der Waals surface area (Å²) in [6, 6.07) is 15.6. The van der Waals surface area contributed by atoms with Crippen LogP contribution in [0.3, 0.4) is 0 Å². The number of hydrogen-bond donors (Lipinski definition) is 2. The zero-order valence-electron chi connectivity index (χ0n) is 20.3. The van der Waals surface area contributed by atoms with E-state index in [4.69, 9.17) is 16.3 Å². The van der Waals surface area contributed by atoms with E-state index in [1.165, 1.54) is 43.6 Å². The lowest BCUT2D eigenvalue weighted by Gasteiger charge is -2.36. The largest absolute Gasteiger partial charge is 0.496 e. The Bertz CT molecular complexity index is 1480. The summed E-state index contributed by atoms with van der Waals surface area (Å²) < 4.78 is 75.2. The number of para-hydroxylation sites is 1. The minimum absolute atomic E-state index is 0.0610. The highest BCUT2D eigenvalue weighted by Gasteiger charge is 2.41. The summed E-state index contributed by atoms with van der Waals surface area (Å²) in [6.45, 7) is 0. The third-order valence-electron chi connectivity index (χ3n) is 5.94. The maximum Gasteiger partial charge on any atom is 0.416 e. The van der Waals surface area contributed by atoms with Crippen molar-refractivity contribution in [2.75, 3.05) is 12.4 Å². The number of aromatic nitrogens is 1. The van der Waals surface area contributed by atoms with E-state index >= 15 is 0 Å². The molecule has 0 radical (unpaired) electrons. The number of rotatable bonds is 7. The van der Waals surface area contributed by atoms with Crippen LogP contribution in [-0.4, -0.2) is 18.1 Å². The van der Waals surface area contributed by atoms with Crippen molar-refractivity contribution in [1.29, 1.82) is 0 Å². The normalized spacial score (nSPS) is 12.9. The number of amides is 2. The Hall–Kier alpha value is -4.18. The average Bonchev–Trinajstić information content (AvgIpc) is 2.88. The predicted molar refractivity (Wildman–Crippen MR) is 137 cm³/mol. The van der Waals surface area contributed by atoms with Crippen molar-refractivity contribution >= 4 is 23.3 Å². The van der Waals surface area contributed by atoms with Crippen LogP contribution in [0.4, 0.5) is 32.4 Å². The Kier molecular flexibility index (Phi) is 8.06. The van der Waals surface area contributed by atoms with Gasteiger partial charge in [0.25, 0.3) is 0 Å². The fourth-order valence-corrected chi connectivity index (χ4v) is 4.32. The topological polar surface area (TPSA) is 63.2 Å². The van der Waals surface area contributed by atoms with Crippen molar-refractivity contribution in [3.05, 3.63) is 124 Å². The number of alkyl halides is 3. The van der Waals surface area contributed by atoms with E-state index in [-0.39, 0.29) is 28.4 Å². The molecule has 2 amide bonds. The number of carbonyl (C=O) groups is 1. The Labute approximate surface area is 225 Å². The van der Waals surface area contributed by atoms with Gasteiger partial charge < -0.3 is 15.4 Å². The van der Waals surface area contributed by atoms with E-state index in [0.717, 1.165) is 18.2 Å². The molecule has 4 rings (SSSR count). The lowest BCUT2D eigenvalue weighted by molar-refractivity contribution is -0.137. The molecule has 0 aliphatic rings. The highest BCUT2D eigenvalue weighted by atomic mass is 35.5. The number of nitrogens with zero attached hydrogens (tertiary/aromatic N) is 1. The molecule has 1 heterocycles. The number of urea groups is 1. The molecular formula is C28H21ClF5N3O2. The van der Waals surface area contributed by atoms with Crippen molar-refractivity contribution < 1.29 is 31.5 Å². The fourth-order valence-electron chi connectivity index (χ4n) is 4.21. The molecule has 3 aromatic carbocycles. The number of pyridine rings is 1. The third kappa shape index (κ3) is 6.46. The van der Waals surface area contributed by atoms with E-state index in [9.17, 15) is 26.7 Å². The lowest BCUT2D eigenvalue weighted by atomic mass is 9.79. The molecule has 0 unspecified atom stereocenters. The monoisotopic (exact) mass is 561 g/mol. The van der Waals surface area contributed by atoms with Gasteiger partial charge in [-0.15, -0.1) is 0 Å². The van der Waals surface area contributed by atoms with Crippen molar-refractivity contribution in [1.82, 2.24) is 10.3 Å². The van der Waals surface area contributed by atoms with Crippen LogP contribution >= 0.6 is 11.6 Å². The lowest BCUT2D eigenvalue weighted by Crippen LogP contribution is -2.51. The van der Waals surface area contributed by atoms with Crippen LogP contribution < -0.4 is 15.4 Å². The summed E-state index contributed by atoms with van der Waals surface area (Å²) in [5.41, 5.74) is -2.77. The molecular weight excluding hydrogens is 541 g/mol. The first kappa shape index (κ1) is 27.8. The molecule has 0 saturated carbocycles. The van der Waals surface area contributed by atoms with Gasteiger partial charge in [0.15, 0.2) is 0 Å². The number of anilines is 1. The highest BCUT2D eigenvalue weighted by molar-refractivity contribution is 6.30. The molecule has 0 spiro atoms. The second-order valence-corrected chi connectivity index (χ2v) is 9.01. The molecule has 5 nitrogen and oxygen atoms in total. The molecule has 202 valence electrons. The Morgan fingerprint density at radius 3 is 2.33 bits per heavy atom. The molecule has 1 atom stereocenters. The van der Waals surface area contributed by atoms with Crippen LogP contribution in [0.25, 0.3) is 0 Å². The number of nitrogens with one attached hydrogen (secondary N) is 2. The van der Waals surface area contributed by atoms with E-state index < -0.39 is 34.9 Å². The summed E-state index contributed by atoms with van der Waals surface area (Å²) in [6.07, 6.45) is -3.84. The standard InChI is InChI=1S/C28H21ClF5N3O2/c1-39-24-8-3-2-5-17(24)15-27(25-10-9-20(29)16-35-25,18-11-19(28(32,33)34)13-22(31)12-18)37-26(38)36-23-7-4-6-21(30)14-23/h2-14,16H,15H2,1H3,(H2,36,37,38)/t27-/m1/s1. The first-order valence-corrected chi connectivity index (χ1v) is 11.8. The zero-order chi connectivity index (χ0) is 28.2. The average molecular weight is 562 g/mol. The van der Waals surface area contributed by atoms with Crippen molar-refractivity contribution in [2.24, 2.45) is 0 Å². The van der Waals surface area contributed by atoms with Crippen LogP contribution in [0.1, 0.15) is 22.4 Å². The van der Waals surface area contributed by atoms with Gasteiger partial charge in [-0.2, -0.15) is 13.2 Å². The van der Waals surface area contributed by atoms with Gasteiger partial charge >= 0.3 is 12.2 Å². The van der Waals surface area contributed by atoms with E-state index in [1.807, 2.05) is 0 Å². The van der Waals surface area contributed by atoms with Gasteiger partial charge in [-0.3, -0.25) is 4.98 Å². The predicted octanol–water partition coefficient (Wildman–Crippen LogP) is 7.35. The summed E-state index contributed by atoms with van der Waals surface area (Å²) >= 11 is 6.03. The van der Waals surface area contributed by atoms with Crippen molar-refractivity contribution in [3.63, 3.8) is 0 Å². The van der Waals surface area contributed by atoms with Gasteiger partial charge in [-0.1, -0.05) is 35.9 Å². The van der Waals surface area contributed by atoms with Gasteiger partial charge in [-0.05, 0) is 65.7 Å². The van der Waals surface area contributed by atoms with Gasteiger partial charge in [0.1, 0.15) is 22.9 Å². The van der Waals surface area contributed by atoms with Crippen LogP contribution in [-0.2, 0) is 18.1 Å². The molecule has 0 saturated heterocycles. The van der Waals surface area contributed by atoms with Gasteiger partial charge in [0.2, 0.25) is 0 Å². The van der Waals surface area contributed by atoms with Crippen LogP contribution in [0, 0.1) is 11.6 Å². The molecule has 11 heteroatoms. The van der Waals surface area contributed by atoms with Crippen molar-refractivity contribution in [2.45, 2.75) is 18.1 Å². The second-order valence-electron chi connectivity index (χ2n) is 8.57. The number of ether oxygens (including phenoxy) is 1. The summed E-state index contributed by atoms with van der Waals surface area (Å²) in [5.74, 6) is -1.42. The summed E-state index contributed by atoms with van der Waals surface area (Å²) in [4.78, 5) is 17.6. The maximum atomic E-state index is 14.7. The van der Waals surface area contributed by atoms with Crippen molar-refractivity contribution in [3.8, 4) is 5.75 Å². The van der Waals surface area contributed by atoms with E-state index in [1.54, 1.807) is 24.3 Å². The van der Waals surface area contributed by atoms with Gasteiger partial charge in [-0.25, -0.2) is 13.6 Å². The Balaban J connectivity index is 1.95. The third-order valence-corrected chi connectivity index (χ3v) is 6.16. The smallest absolute Gasteiger partial charge is 0.416 e. The molecule has 0 aliphatic carbocycles. The molecule has 1 aromatic heterocycles. The van der Waals surface area contributed by atoms with Gasteiger partial charge in [0, 0.05) is 18.3 Å². The minimum Gasteiger partial charge on any atom is -0.496 e. The summed E-state index contributed by atoms with van der Waals surface area (Å²) in [5, 5.41) is 5.39. The zero-order valence-corrected chi connectivity index (χ0v) is 21.1. The number of benzene rings is 3. The van der Waals surface area contributed by atoms with E-state index in [0.29, 0.717) is 17.4 Å². The first-order chi connectivity index (χ1) is 18.5. The fraction of sp³-hybridized carbons (Fsp3) is 0.143. The Morgan fingerprint density at radius 2 is 1.67 bits per heavy atom. The van der Waals surface area contributed by atoms with Crippen LogP contribution in [0.5, 0.6) is 5.75 Å². The Morgan fingerprint density at radius 1 is 0.923 bits per heavy atom. The molecule has 0 aliphatic heterocycles.